The summed E-state index contributed by atoms with van der Waals surface area (Å²) in [7, 11) is 0. The van der Waals surface area contributed by atoms with Gasteiger partial charge in [0, 0.05) is 11.3 Å². The molecule has 0 bridgehead atoms. The minimum absolute atomic E-state index is 0.145. The molecule has 136 valence electrons. The van der Waals surface area contributed by atoms with Crippen LogP contribution in [0.4, 0.5) is 24.5 Å². The second-order valence-corrected chi connectivity index (χ2v) is 5.49. The number of carbonyl (C=O) groups is 2. The molecule has 1 aliphatic rings. The number of hydrogen-bond acceptors (Lipinski definition) is 4. The van der Waals surface area contributed by atoms with Crippen molar-refractivity contribution >= 4 is 23.2 Å². The average Bonchev–Trinajstić information content (AvgIpc) is 2.55. The lowest BCUT2D eigenvalue weighted by Crippen LogP contribution is -2.34. The highest BCUT2D eigenvalue weighted by molar-refractivity contribution is 6.05. The Bertz CT molecular complexity index is 850. The van der Waals surface area contributed by atoms with E-state index in [0.29, 0.717) is 17.1 Å². The highest BCUT2D eigenvalue weighted by atomic mass is 19.4. The lowest BCUT2D eigenvalue weighted by atomic mass is 10.1. The summed E-state index contributed by atoms with van der Waals surface area (Å²) >= 11 is 0. The molecule has 0 radical (unpaired) electrons. The predicted octanol–water partition coefficient (Wildman–Crippen LogP) is 3.56. The second kappa shape index (κ2) is 6.58. The molecule has 1 heterocycles. The van der Waals surface area contributed by atoms with Crippen molar-refractivity contribution < 1.29 is 32.2 Å². The molecule has 0 aliphatic carbocycles. The van der Waals surface area contributed by atoms with Gasteiger partial charge in [0.25, 0.3) is 11.8 Å². The molecule has 2 aromatic carbocycles. The molecule has 0 fully saturated rings. The summed E-state index contributed by atoms with van der Waals surface area (Å²) in [5.41, 5.74) is 0.953. The molecule has 2 aromatic rings. The third-order valence-corrected chi connectivity index (χ3v) is 3.52. The smallest absolute Gasteiger partial charge is 0.479 e. The first-order valence-electron chi connectivity index (χ1n) is 7.50. The Morgan fingerprint density at radius 1 is 1.19 bits per heavy atom. The van der Waals surface area contributed by atoms with Crippen LogP contribution in [0, 0.1) is 0 Å². The molecule has 0 aromatic heterocycles. The first-order valence-corrected chi connectivity index (χ1v) is 7.50. The van der Waals surface area contributed by atoms with Crippen LogP contribution in [-0.2, 0) is 4.79 Å². The van der Waals surface area contributed by atoms with Gasteiger partial charge >= 0.3 is 6.36 Å². The standard InChI is InChI=1S/C17H13F3N2O4/c1-9-15(23)22-13-8-11(4-7-14(13)25-9)21-16(24)10-2-5-12(6-3-10)26-17(18,19)20/h2-9H,1H3,(H,21,24)(H,22,23). The van der Waals surface area contributed by atoms with E-state index in [2.05, 4.69) is 15.4 Å². The number of alkyl halides is 3. The molecule has 1 aliphatic heterocycles. The van der Waals surface area contributed by atoms with Crippen molar-refractivity contribution in [1.82, 2.24) is 0 Å². The van der Waals surface area contributed by atoms with Crippen LogP contribution in [0.25, 0.3) is 0 Å². The Hall–Kier alpha value is -3.23. The monoisotopic (exact) mass is 366 g/mol. The van der Waals surface area contributed by atoms with E-state index in [0.717, 1.165) is 12.1 Å². The van der Waals surface area contributed by atoms with Crippen LogP contribution >= 0.6 is 0 Å². The molecular weight excluding hydrogens is 353 g/mol. The first-order chi connectivity index (χ1) is 12.2. The number of nitrogens with one attached hydrogen (secondary N) is 2. The highest BCUT2D eigenvalue weighted by Crippen LogP contribution is 2.32. The van der Waals surface area contributed by atoms with Crippen molar-refractivity contribution in [3.05, 3.63) is 48.0 Å². The molecular formula is C17H13F3N2O4. The minimum Gasteiger partial charge on any atom is -0.479 e. The molecule has 26 heavy (non-hydrogen) atoms. The number of fused-ring (bicyclic) bond motifs is 1. The van der Waals surface area contributed by atoms with Gasteiger partial charge in [0.1, 0.15) is 11.5 Å². The number of benzene rings is 2. The van der Waals surface area contributed by atoms with Crippen LogP contribution in [0.2, 0.25) is 0 Å². The Morgan fingerprint density at radius 3 is 2.54 bits per heavy atom. The van der Waals surface area contributed by atoms with E-state index < -0.39 is 24.1 Å². The SMILES string of the molecule is CC1Oc2ccc(NC(=O)c3ccc(OC(F)(F)F)cc3)cc2NC1=O. The minimum atomic E-state index is -4.79. The van der Waals surface area contributed by atoms with Crippen molar-refractivity contribution in [2.75, 3.05) is 10.6 Å². The topological polar surface area (TPSA) is 76.7 Å². The molecule has 2 amide bonds. The van der Waals surface area contributed by atoms with Gasteiger partial charge in [-0.05, 0) is 49.4 Å². The van der Waals surface area contributed by atoms with E-state index in [-0.39, 0.29) is 11.5 Å². The van der Waals surface area contributed by atoms with E-state index in [9.17, 15) is 22.8 Å². The largest absolute Gasteiger partial charge is 0.573 e. The zero-order valence-corrected chi connectivity index (χ0v) is 13.4. The third kappa shape index (κ3) is 4.05. The van der Waals surface area contributed by atoms with Gasteiger partial charge < -0.3 is 20.1 Å². The van der Waals surface area contributed by atoms with Gasteiger partial charge in [0.05, 0.1) is 5.69 Å². The van der Waals surface area contributed by atoms with Gasteiger partial charge in [0.2, 0.25) is 0 Å². The summed E-state index contributed by atoms with van der Waals surface area (Å²) in [5, 5.41) is 5.25. The number of rotatable bonds is 3. The summed E-state index contributed by atoms with van der Waals surface area (Å²) in [6.07, 6.45) is -5.41. The van der Waals surface area contributed by atoms with Gasteiger partial charge in [-0.25, -0.2) is 0 Å². The molecule has 1 atom stereocenters. The van der Waals surface area contributed by atoms with E-state index in [1.165, 1.54) is 18.2 Å². The molecule has 3 rings (SSSR count). The number of anilines is 2. The van der Waals surface area contributed by atoms with E-state index in [4.69, 9.17) is 4.74 Å². The maximum atomic E-state index is 12.2. The maximum absolute atomic E-state index is 12.2. The van der Waals surface area contributed by atoms with Crippen molar-refractivity contribution in [3.8, 4) is 11.5 Å². The summed E-state index contributed by atoms with van der Waals surface area (Å²) in [4.78, 5) is 23.8. The van der Waals surface area contributed by atoms with Crippen LogP contribution in [0.1, 0.15) is 17.3 Å². The Kier molecular flexibility index (Phi) is 4.45. The van der Waals surface area contributed by atoms with Crippen LogP contribution in [0.3, 0.4) is 0 Å². The van der Waals surface area contributed by atoms with E-state index in [1.54, 1.807) is 19.1 Å². The molecule has 9 heteroatoms. The second-order valence-electron chi connectivity index (χ2n) is 5.49. The molecule has 6 nitrogen and oxygen atoms in total. The average molecular weight is 366 g/mol. The number of ether oxygens (including phenoxy) is 2. The number of hydrogen-bond donors (Lipinski definition) is 2. The summed E-state index contributed by atoms with van der Waals surface area (Å²) in [6.45, 7) is 1.61. The zero-order chi connectivity index (χ0) is 18.9. The highest BCUT2D eigenvalue weighted by Gasteiger charge is 2.31. The lowest BCUT2D eigenvalue weighted by molar-refractivity contribution is -0.274. The number of halogens is 3. The summed E-state index contributed by atoms with van der Waals surface area (Å²) in [5.74, 6) is -0.776. The van der Waals surface area contributed by atoms with Gasteiger partial charge in [-0.3, -0.25) is 9.59 Å². The van der Waals surface area contributed by atoms with Gasteiger partial charge in [-0.1, -0.05) is 0 Å². The quantitative estimate of drug-likeness (QED) is 0.871. The third-order valence-electron chi connectivity index (χ3n) is 3.52. The van der Waals surface area contributed by atoms with Crippen molar-refractivity contribution in [2.45, 2.75) is 19.4 Å². The van der Waals surface area contributed by atoms with Crippen LogP contribution in [-0.4, -0.2) is 24.3 Å². The van der Waals surface area contributed by atoms with E-state index >= 15 is 0 Å². The number of carbonyl (C=O) groups excluding carboxylic acids is 2. The number of amides is 2. The fraction of sp³-hybridized carbons (Fsp3) is 0.176. The molecule has 1 unspecified atom stereocenters. The molecule has 0 saturated carbocycles. The van der Waals surface area contributed by atoms with Crippen LogP contribution in [0.5, 0.6) is 11.5 Å². The molecule has 0 spiro atoms. The van der Waals surface area contributed by atoms with Crippen LogP contribution < -0.4 is 20.1 Å². The Morgan fingerprint density at radius 2 is 1.88 bits per heavy atom. The van der Waals surface area contributed by atoms with Crippen molar-refractivity contribution in [2.24, 2.45) is 0 Å². The Balaban J connectivity index is 1.70. The fourth-order valence-electron chi connectivity index (χ4n) is 2.30. The first kappa shape index (κ1) is 17.6. The van der Waals surface area contributed by atoms with Crippen LogP contribution in [0.15, 0.2) is 42.5 Å². The van der Waals surface area contributed by atoms with Gasteiger partial charge in [-0.2, -0.15) is 0 Å². The molecule has 2 N–H and O–H groups in total. The van der Waals surface area contributed by atoms with Crippen molar-refractivity contribution in [3.63, 3.8) is 0 Å². The summed E-state index contributed by atoms with van der Waals surface area (Å²) < 4.78 is 45.6. The van der Waals surface area contributed by atoms with Crippen molar-refractivity contribution in [1.29, 1.82) is 0 Å². The maximum Gasteiger partial charge on any atom is 0.573 e. The zero-order valence-electron chi connectivity index (χ0n) is 13.4. The van der Waals surface area contributed by atoms with E-state index in [1.807, 2.05) is 0 Å². The fourth-order valence-corrected chi connectivity index (χ4v) is 2.30. The van der Waals surface area contributed by atoms with Gasteiger partial charge in [-0.15, -0.1) is 13.2 Å². The normalized spacial score (nSPS) is 16.2. The lowest BCUT2D eigenvalue weighted by Gasteiger charge is -2.23. The summed E-state index contributed by atoms with van der Waals surface area (Å²) in [6, 6.07) is 9.22. The molecule has 0 saturated heterocycles. The Labute approximate surface area is 145 Å². The predicted molar refractivity (Wildman–Crippen MR) is 86.2 cm³/mol. The van der Waals surface area contributed by atoms with Gasteiger partial charge in [0.15, 0.2) is 6.10 Å².